The number of anilines is 1. The molecule has 2 N–H and O–H groups in total. The molecule has 0 saturated heterocycles. The van der Waals surface area contributed by atoms with Crippen molar-refractivity contribution in [2.75, 3.05) is 25.5 Å². The third-order valence-corrected chi connectivity index (χ3v) is 4.37. The van der Waals surface area contributed by atoms with Crippen LogP contribution < -0.4 is 10.2 Å². The van der Waals surface area contributed by atoms with E-state index in [0.717, 1.165) is 11.4 Å². The number of thiophene rings is 1. The molecule has 0 radical (unpaired) electrons. The van der Waals surface area contributed by atoms with Crippen LogP contribution in [-0.2, 0) is 6.54 Å². The summed E-state index contributed by atoms with van der Waals surface area (Å²) in [4.78, 5) is 2.96. The number of nitrogens with zero attached hydrogens (tertiary/aromatic N) is 1. The number of rotatable bonds is 6. The first kappa shape index (κ1) is 15.3. The van der Waals surface area contributed by atoms with E-state index in [4.69, 9.17) is 11.6 Å². The second-order valence-electron chi connectivity index (χ2n) is 4.85. The van der Waals surface area contributed by atoms with Crippen LogP contribution in [0.2, 0.25) is 4.34 Å². The van der Waals surface area contributed by atoms with E-state index in [1.165, 1.54) is 22.6 Å². The fourth-order valence-electron chi connectivity index (χ4n) is 1.87. The van der Waals surface area contributed by atoms with Gasteiger partial charge in [-0.15, -0.1) is 11.3 Å². The Labute approximate surface area is 128 Å². The van der Waals surface area contributed by atoms with Gasteiger partial charge in [0.1, 0.15) is 6.10 Å². The number of aliphatic hydroxyl groups is 1. The molecule has 0 amide bonds. The Hall–Kier alpha value is -1.07. The molecule has 20 heavy (non-hydrogen) atoms. The molecule has 1 aromatic heterocycles. The van der Waals surface area contributed by atoms with Gasteiger partial charge in [0.2, 0.25) is 0 Å². The topological polar surface area (TPSA) is 35.5 Å². The average molecular weight is 311 g/mol. The quantitative estimate of drug-likeness (QED) is 0.859. The molecule has 1 unspecified atom stereocenters. The molecule has 1 aromatic carbocycles. The lowest BCUT2D eigenvalue weighted by Gasteiger charge is -2.13. The zero-order valence-electron chi connectivity index (χ0n) is 11.6. The Morgan fingerprint density at radius 3 is 2.45 bits per heavy atom. The van der Waals surface area contributed by atoms with Crippen LogP contribution in [0, 0.1) is 0 Å². The van der Waals surface area contributed by atoms with Gasteiger partial charge in [0.15, 0.2) is 0 Å². The first-order valence-electron chi connectivity index (χ1n) is 6.46. The highest BCUT2D eigenvalue weighted by atomic mass is 35.5. The predicted molar refractivity (Wildman–Crippen MR) is 86.8 cm³/mol. The third-order valence-electron chi connectivity index (χ3n) is 3.04. The SMILES string of the molecule is CN(C)c1ccc(CNCC(O)c2ccc(Cl)s2)cc1. The van der Waals surface area contributed by atoms with E-state index in [0.29, 0.717) is 10.9 Å². The molecule has 1 heterocycles. The summed E-state index contributed by atoms with van der Waals surface area (Å²) in [5, 5.41) is 13.3. The minimum absolute atomic E-state index is 0.506. The second kappa shape index (κ2) is 7.09. The fraction of sp³-hybridized carbons (Fsp3) is 0.333. The normalized spacial score (nSPS) is 12.4. The maximum Gasteiger partial charge on any atom is 0.101 e. The summed E-state index contributed by atoms with van der Waals surface area (Å²) in [6.07, 6.45) is -0.506. The van der Waals surface area contributed by atoms with Crippen LogP contribution >= 0.6 is 22.9 Å². The van der Waals surface area contributed by atoms with Crippen LogP contribution in [0.15, 0.2) is 36.4 Å². The Bertz CT molecular complexity index is 539. The van der Waals surface area contributed by atoms with Gasteiger partial charge in [-0.25, -0.2) is 0 Å². The largest absolute Gasteiger partial charge is 0.386 e. The summed E-state index contributed by atoms with van der Waals surface area (Å²) in [5.74, 6) is 0. The zero-order chi connectivity index (χ0) is 14.5. The Morgan fingerprint density at radius 1 is 1.20 bits per heavy atom. The minimum Gasteiger partial charge on any atom is -0.386 e. The second-order valence-corrected chi connectivity index (χ2v) is 6.60. The summed E-state index contributed by atoms with van der Waals surface area (Å²) in [5.41, 5.74) is 2.38. The molecule has 3 nitrogen and oxygen atoms in total. The van der Waals surface area contributed by atoms with Gasteiger partial charge in [0.05, 0.1) is 4.34 Å². The number of benzene rings is 1. The molecule has 5 heteroatoms. The molecule has 0 aliphatic rings. The van der Waals surface area contributed by atoms with Crippen LogP contribution in [0.5, 0.6) is 0 Å². The highest BCUT2D eigenvalue weighted by Gasteiger charge is 2.09. The number of hydrogen-bond donors (Lipinski definition) is 2. The van der Waals surface area contributed by atoms with Gasteiger partial charge in [0, 0.05) is 37.7 Å². The van der Waals surface area contributed by atoms with Gasteiger partial charge in [-0.1, -0.05) is 23.7 Å². The van der Waals surface area contributed by atoms with Crippen LogP contribution in [0.1, 0.15) is 16.5 Å². The maximum absolute atomic E-state index is 10.0. The summed E-state index contributed by atoms with van der Waals surface area (Å²) in [7, 11) is 4.05. The molecule has 0 bridgehead atoms. The van der Waals surface area contributed by atoms with E-state index in [1.54, 1.807) is 0 Å². The molecule has 0 aliphatic carbocycles. The lowest BCUT2D eigenvalue weighted by molar-refractivity contribution is 0.178. The first-order valence-corrected chi connectivity index (χ1v) is 7.66. The number of halogens is 1. The summed E-state index contributed by atoms with van der Waals surface area (Å²) in [6, 6.07) is 12.0. The summed E-state index contributed by atoms with van der Waals surface area (Å²) < 4.78 is 0.707. The molecule has 1 atom stereocenters. The Balaban J connectivity index is 1.80. The number of hydrogen-bond acceptors (Lipinski definition) is 4. The minimum atomic E-state index is -0.506. The van der Waals surface area contributed by atoms with Crippen molar-refractivity contribution in [1.29, 1.82) is 0 Å². The lowest BCUT2D eigenvalue weighted by Crippen LogP contribution is -2.20. The van der Waals surface area contributed by atoms with Crippen LogP contribution in [0.25, 0.3) is 0 Å². The first-order chi connectivity index (χ1) is 9.56. The number of aliphatic hydroxyl groups excluding tert-OH is 1. The molecule has 108 valence electrons. The van der Waals surface area contributed by atoms with Gasteiger partial charge < -0.3 is 15.3 Å². The van der Waals surface area contributed by atoms with E-state index < -0.39 is 6.10 Å². The predicted octanol–water partition coefficient (Wildman–Crippen LogP) is 3.29. The van der Waals surface area contributed by atoms with Crippen LogP contribution in [0.4, 0.5) is 5.69 Å². The van der Waals surface area contributed by atoms with Crippen molar-refractivity contribution in [3.05, 3.63) is 51.2 Å². The molecule has 0 saturated carbocycles. The Kier molecular flexibility index (Phi) is 5.43. The highest BCUT2D eigenvalue weighted by molar-refractivity contribution is 7.16. The molecule has 0 aliphatic heterocycles. The van der Waals surface area contributed by atoms with Crippen molar-refractivity contribution in [3.8, 4) is 0 Å². The molecule has 0 spiro atoms. The van der Waals surface area contributed by atoms with Crippen molar-refractivity contribution < 1.29 is 5.11 Å². The van der Waals surface area contributed by atoms with Crippen molar-refractivity contribution in [2.45, 2.75) is 12.6 Å². The van der Waals surface area contributed by atoms with Gasteiger partial charge in [0.25, 0.3) is 0 Å². The molecular weight excluding hydrogens is 292 g/mol. The Morgan fingerprint density at radius 2 is 1.90 bits per heavy atom. The maximum atomic E-state index is 10.0. The van der Waals surface area contributed by atoms with E-state index in [9.17, 15) is 5.11 Å². The van der Waals surface area contributed by atoms with Crippen molar-refractivity contribution in [3.63, 3.8) is 0 Å². The standard InChI is InChI=1S/C15H19ClN2OS/c1-18(2)12-5-3-11(4-6-12)9-17-10-13(19)14-7-8-15(16)20-14/h3-8,13,17,19H,9-10H2,1-2H3. The van der Waals surface area contributed by atoms with E-state index in [2.05, 4.69) is 34.5 Å². The van der Waals surface area contributed by atoms with E-state index in [-0.39, 0.29) is 0 Å². The van der Waals surface area contributed by atoms with Crippen molar-refractivity contribution in [2.24, 2.45) is 0 Å². The molecule has 2 rings (SSSR count). The van der Waals surface area contributed by atoms with Gasteiger partial charge >= 0.3 is 0 Å². The third kappa shape index (κ3) is 4.21. The fourth-order valence-corrected chi connectivity index (χ4v) is 2.92. The molecular formula is C15H19ClN2OS. The van der Waals surface area contributed by atoms with E-state index >= 15 is 0 Å². The molecule has 0 fully saturated rings. The lowest BCUT2D eigenvalue weighted by atomic mass is 10.2. The summed E-state index contributed by atoms with van der Waals surface area (Å²) in [6.45, 7) is 1.26. The van der Waals surface area contributed by atoms with Crippen LogP contribution in [0.3, 0.4) is 0 Å². The number of nitrogens with one attached hydrogen (secondary N) is 1. The van der Waals surface area contributed by atoms with Crippen molar-refractivity contribution >= 4 is 28.6 Å². The smallest absolute Gasteiger partial charge is 0.101 e. The highest BCUT2D eigenvalue weighted by Crippen LogP contribution is 2.26. The van der Waals surface area contributed by atoms with Gasteiger partial charge in [-0.2, -0.15) is 0 Å². The monoisotopic (exact) mass is 310 g/mol. The van der Waals surface area contributed by atoms with Crippen LogP contribution in [-0.4, -0.2) is 25.7 Å². The average Bonchev–Trinajstić information content (AvgIpc) is 2.86. The zero-order valence-corrected chi connectivity index (χ0v) is 13.2. The summed E-state index contributed by atoms with van der Waals surface area (Å²) >= 11 is 7.27. The van der Waals surface area contributed by atoms with Crippen molar-refractivity contribution in [1.82, 2.24) is 5.32 Å². The van der Waals surface area contributed by atoms with Gasteiger partial charge in [-0.3, -0.25) is 0 Å². The molecule has 2 aromatic rings. The van der Waals surface area contributed by atoms with Gasteiger partial charge in [-0.05, 0) is 29.8 Å². The van der Waals surface area contributed by atoms with E-state index in [1.807, 2.05) is 26.2 Å².